The lowest BCUT2D eigenvalue weighted by atomic mass is 9.96. The fraction of sp³-hybridized carbons (Fsp3) is 0.789. The van der Waals surface area contributed by atoms with E-state index in [0.717, 1.165) is 57.1 Å². The highest BCUT2D eigenvalue weighted by Crippen LogP contribution is 2.35. The highest BCUT2D eigenvalue weighted by Gasteiger charge is 2.30. The average Bonchev–Trinajstić information content (AvgIpc) is 3.34. The van der Waals surface area contributed by atoms with Gasteiger partial charge in [0.05, 0.1) is 16.6 Å². The fourth-order valence-corrected chi connectivity index (χ4v) is 6.31. The number of carbonyl (C=O) groups excluding carboxylic acids is 1. The number of aromatic nitrogens is 1. The molecule has 0 bridgehead atoms. The van der Waals surface area contributed by atoms with Crippen LogP contribution in [0.15, 0.2) is 5.38 Å². The standard InChI is InChI=1S/C19H29N3OS2/c23-19(22-8-10-24-11-9-22)16-6-3-7-21(12-16)13-17-14-25-18(20-17)15-4-1-2-5-15/h14-16H,1-13H2. The molecule has 1 atom stereocenters. The third-order valence-electron chi connectivity index (χ3n) is 5.84. The summed E-state index contributed by atoms with van der Waals surface area (Å²) < 4.78 is 0. The molecule has 2 saturated heterocycles. The van der Waals surface area contributed by atoms with Crippen molar-refractivity contribution in [1.82, 2.24) is 14.8 Å². The monoisotopic (exact) mass is 379 g/mol. The van der Waals surface area contributed by atoms with E-state index in [2.05, 4.69) is 15.2 Å². The summed E-state index contributed by atoms with van der Waals surface area (Å²) in [6, 6.07) is 0. The van der Waals surface area contributed by atoms with Gasteiger partial charge in [-0.25, -0.2) is 4.98 Å². The van der Waals surface area contributed by atoms with Gasteiger partial charge in [-0.05, 0) is 32.2 Å². The molecule has 1 amide bonds. The molecular formula is C19H29N3OS2. The van der Waals surface area contributed by atoms with Crippen molar-refractivity contribution in [3.05, 3.63) is 16.1 Å². The zero-order valence-electron chi connectivity index (χ0n) is 15.0. The van der Waals surface area contributed by atoms with Gasteiger partial charge in [-0.15, -0.1) is 11.3 Å². The second-order valence-corrected chi connectivity index (χ2v) is 9.78. The first kappa shape index (κ1) is 17.8. The van der Waals surface area contributed by atoms with E-state index in [0.29, 0.717) is 11.8 Å². The second-order valence-electron chi connectivity index (χ2n) is 7.67. The minimum absolute atomic E-state index is 0.199. The Kier molecular flexibility index (Phi) is 5.98. The van der Waals surface area contributed by atoms with Crippen LogP contribution in [0.2, 0.25) is 0 Å². The van der Waals surface area contributed by atoms with Gasteiger partial charge >= 0.3 is 0 Å². The molecule has 2 aliphatic heterocycles. The quantitative estimate of drug-likeness (QED) is 0.801. The van der Waals surface area contributed by atoms with Gasteiger partial charge in [0, 0.05) is 49.0 Å². The van der Waals surface area contributed by atoms with E-state index in [-0.39, 0.29) is 5.92 Å². The van der Waals surface area contributed by atoms with Crippen LogP contribution >= 0.6 is 23.1 Å². The lowest BCUT2D eigenvalue weighted by molar-refractivity contribution is -0.137. The summed E-state index contributed by atoms with van der Waals surface area (Å²) in [6.45, 7) is 4.82. The summed E-state index contributed by atoms with van der Waals surface area (Å²) in [5.41, 5.74) is 1.22. The predicted octanol–water partition coefficient (Wildman–Crippen LogP) is 3.59. The predicted molar refractivity (Wildman–Crippen MR) is 105 cm³/mol. The minimum Gasteiger partial charge on any atom is -0.341 e. The molecule has 0 radical (unpaired) electrons. The molecule has 0 N–H and O–H groups in total. The van der Waals surface area contributed by atoms with Crippen LogP contribution in [0.4, 0.5) is 0 Å². The third-order valence-corrected chi connectivity index (χ3v) is 7.84. The molecule has 25 heavy (non-hydrogen) atoms. The molecule has 4 nitrogen and oxygen atoms in total. The van der Waals surface area contributed by atoms with E-state index >= 15 is 0 Å². The number of amides is 1. The Morgan fingerprint density at radius 3 is 2.72 bits per heavy atom. The van der Waals surface area contributed by atoms with Gasteiger partial charge in [0.15, 0.2) is 0 Å². The summed E-state index contributed by atoms with van der Waals surface area (Å²) in [6.07, 6.45) is 7.57. The van der Waals surface area contributed by atoms with Crippen molar-refractivity contribution < 1.29 is 4.79 Å². The Labute approximate surface area is 159 Å². The summed E-state index contributed by atoms with van der Waals surface area (Å²) in [7, 11) is 0. The van der Waals surface area contributed by atoms with Crippen LogP contribution in [0.5, 0.6) is 0 Å². The summed E-state index contributed by atoms with van der Waals surface area (Å²) in [4.78, 5) is 22.3. The van der Waals surface area contributed by atoms with Gasteiger partial charge in [0.25, 0.3) is 0 Å². The lowest BCUT2D eigenvalue weighted by Crippen LogP contribution is -2.47. The number of likely N-dealkylation sites (tertiary alicyclic amines) is 1. The van der Waals surface area contributed by atoms with Crippen molar-refractivity contribution in [3.63, 3.8) is 0 Å². The van der Waals surface area contributed by atoms with Gasteiger partial charge in [0.1, 0.15) is 0 Å². The fourth-order valence-electron chi connectivity index (χ4n) is 4.43. The van der Waals surface area contributed by atoms with Crippen molar-refractivity contribution in [1.29, 1.82) is 0 Å². The van der Waals surface area contributed by atoms with Crippen LogP contribution in [-0.2, 0) is 11.3 Å². The molecule has 1 aromatic rings. The van der Waals surface area contributed by atoms with E-state index in [1.54, 1.807) is 0 Å². The Morgan fingerprint density at radius 2 is 1.92 bits per heavy atom. The number of carbonyl (C=O) groups is 1. The van der Waals surface area contributed by atoms with Crippen LogP contribution in [0.1, 0.15) is 55.1 Å². The summed E-state index contributed by atoms with van der Waals surface area (Å²) in [5.74, 6) is 3.52. The number of thioether (sulfide) groups is 1. The highest BCUT2D eigenvalue weighted by molar-refractivity contribution is 7.99. The normalized spacial score (nSPS) is 26.2. The Bertz CT molecular complexity index is 579. The zero-order chi connectivity index (χ0) is 17.1. The van der Waals surface area contributed by atoms with Crippen LogP contribution in [0.3, 0.4) is 0 Å². The van der Waals surface area contributed by atoms with E-state index in [9.17, 15) is 4.79 Å². The Balaban J connectivity index is 1.32. The molecule has 3 heterocycles. The molecule has 0 spiro atoms. The van der Waals surface area contributed by atoms with Crippen molar-refractivity contribution >= 4 is 29.0 Å². The Morgan fingerprint density at radius 1 is 1.12 bits per heavy atom. The van der Waals surface area contributed by atoms with Crippen LogP contribution in [-0.4, -0.2) is 58.4 Å². The molecule has 1 unspecified atom stereocenters. The van der Waals surface area contributed by atoms with Crippen LogP contribution in [0.25, 0.3) is 0 Å². The van der Waals surface area contributed by atoms with Gasteiger partial charge in [-0.3, -0.25) is 9.69 Å². The maximum atomic E-state index is 12.8. The number of piperidine rings is 1. The van der Waals surface area contributed by atoms with E-state index in [4.69, 9.17) is 4.98 Å². The van der Waals surface area contributed by atoms with Crippen molar-refractivity contribution in [3.8, 4) is 0 Å². The van der Waals surface area contributed by atoms with Gasteiger partial charge < -0.3 is 4.90 Å². The maximum Gasteiger partial charge on any atom is 0.227 e. The van der Waals surface area contributed by atoms with Crippen LogP contribution in [0, 0.1) is 5.92 Å². The van der Waals surface area contributed by atoms with Crippen molar-refractivity contribution in [2.45, 2.75) is 51.0 Å². The molecule has 1 saturated carbocycles. The summed E-state index contributed by atoms with van der Waals surface area (Å²) >= 11 is 3.82. The first-order chi connectivity index (χ1) is 12.3. The van der Waals surface area contributed by atoms with E-state index in [1.807, 2.05) is 23.1 Å². The Hall–Kier alpha value is -0.590. The third kappa shape index (κ3) is 4.40. The van der Waals surface area contributed by atoms with Gasteiger partial charge in [0.2, 0.25) is 5.91 Å². The zero-order valence-corrected chi connectivity index (χ0v) is 16.6. The maximum absolute atomic E-state index is 12.8. The molecule has 1 aromatic heterocycles. The molecule has 0 aromatic carbocycles. The number of thiazole rings is 1. The number of rotatable bonds is 4. The largest absolute Gasteiger partial charge is 0.341 e. The highest BCUT2D eigenvalue weighted by atomic mass is 32.2. The topological polar surface area (TPSA) is 36.4 Å². The number of hydrogen-bond acceptors (Lipinski definition) is 5. The molecule has 3 fully saturated rings. The number of hydrogen-bond donors (Lipinski definition) is 0. The first-order valence-electron chi connectivity index (χ1n) is 9.83. The lowest BCUT2D eigenvalue weighted by Gasteiger charge is -2.35. The van der Waals surface area contributed by atoms with Crippen molar-refractivity contribution in [2.75, 3.05) is 37.7 Å². The smallest absolute Gasteiger partial charge is 0.227 e. The molecule has 3 aliphatic rings. The second kappa shape index (κ2) is 8.40. The SMILES string of the molecule is O=C(C1CCCN(Cc2csc(C3CCCC3)n2)C1)N1CCSCC1. The molecule has 6 heteroatoms. The number of nitrogens with zero attached hydrogens (tertiary/aromatic N) is 3. The molecular weight excluding hydrogens is 350 g/mol. The van der Waals surface area contributed by atoms with Gasteiger partial charge in [-0.1, -0.05) is 12.8 Å². The van der Waals surface area contributed by atoms with Crippen LogP contribution < -0.4 is 0 Å². The average molecular weight is 380 g/mol. The van der Waals surface area contributed by atoms with E-state index < -0.39 is 0 Å². The molecule has 138 valence electrons. The summed E-state index contributed by atoms with van der Waals surface area (Å²) in [5, 5.41) is 3.60. The molecule has 1 aliphatic carbocycles. The molecule has 4 rings (SSSR count). The van der Waals surface area contributed by atoms with Gasteiger partial charge in [-0.2, -0.15) is 11.8 Å². The van der Waals surface area contributed by atoms with Crippen molar-refractivity contribution in [2.24, 2.45) is 5.92 Å². The first-order valence-corrected chi connectivity index (χ1v) is 11.9. The van der Waals surface area contributed by atoms with E-state index in [1.165, 1.54) is 36.4 Å². The minimum atomic E-state index is 0.199.